The van der Waals surface area contributed by atoms with Gasteiger partial charge in [0.2, 0.25) is 0 Å². The molecule has 0 aromatic heterocycles. The summed E-state index contributed by atoms with van der Waals surface area (Å²) in [5, 5.41) is 0. The third-order valence-corrected chi connectivity index (χ3v) is 7.45. The Hall–Kier alpha value is -2.31. The normalized spacial score (nSPS) is 14.4. The summed E-state index contributed by atoms with van der Waals surface area (Å²) in [7, 11) is 0. The molecule has 4 aromatic carbocycles. The maximum atomic E-state index is 3.45. The number of fused-ring (bicyclic) bond motifs is 3. The van der Waals surface area contributed by atoms with Crippen LogP contribution in [0.15, 0.2) is 127 Å². The molecular formula is C31H23Cl2Zr-. The zero-order valence-corrected chi connectivity index (χ0v) is 22.6. The Morgan fingerprint density at radius 3 is 1.91 bits per heavy atom. The van der Waals surface area contributed by atoms with Crippen LogP contribution < -0.4 is 24.8 Å². The van der Waals surface area contributed by atoms with Crippen LogP contribution in [0.25, 0.3) is 11.1 Å². The Morgan fingerprint density at radius 1 is 0.706 bits per heavy atom. The quantitative estimate of drug-likeness (QED) is 0.334. The van der Waals surface area contributed by atoms with Gasteiger partial charge in [0.25, 0.3) is 0 Å². The molecular weight excluding hydrogens is 534 g/mol. The molecule has 0 N–H and O–H groups in total. The van der Waals surface area contributed by atoms with E-state index in [-0.39, 0.29) is 24.8 Å². The molecule has 2 aliphatic carbocycles. The van der Waals surface area contributed by atoms with E-state index in [4.69, 9.17) is 0 Å². The second kappa shape index (κ2) is 12.4. The molecule has 0 amide bonds. The van der Waals surface area contributed by atoms with Crippen molar-refractivity contribution in [2.45, 2.75) is 12.3 Å². The van der Waals surface area contributed by atoms with Gasteiger partial charge in [-0.3, -0.25) is 0 Å². The van der Waals surface area contributed by atoms with Gasteiger partial charge in [-0.25, -0.2) is 0 Å². The van der Waals surface area contributed by atoms with Crippen molar-refractivity contribution in [1.29, 1.82) is 0 Å². The van der Waals surface area contributed by atoms with Crippen LogP contribution in [-0.4, -0.2) is 3.21 Å². The first-order valence-corrected chi connectivity index (χ1v) is 12.2. The summed E-state index contributed by atoms with van der Waals surface area (Å²) in [5.41, 5.74) is 9.66. The molecule has 0 nitrogen and oxygen atoms in total. The van der Waals surface area contributed by atoms with Crippen molar-refractivity contribution in [2.24, 2.45) is 0 Å². The second-order valence-electron chi connectivity index (χ2n) is 8.00. The fraction of sp³-hybridized carbons (Fsp3) is 0.0645. The summed E-state index contributed by atoms with van der Waals surface area (Å²) in [6.07, 6.45) is 7.73. The van der Waals surface area contributed by atoms with Gasteiger partial charge in [-0.2, -0.15) is 24.3 Å². The van der Waals surface area contributed by atoms with E-state index in [1.165, 1.54) is 66.4 Å². The van der Waals surface area contributed by atoms with E-state index in [2.05, 4.69) is 121 Å². The Balaban J connectivity index is 0.000000186. The Labute approximate surface area is 229 Å². The largest absolute Gasteiger partial charge is 0.179 e. The van der Waals surface area contributed by atoms with E-state index in [0.29, 0.717) is 5.92 Å². The van der Waals surface area contributed by atoms with Crippen LogP contribution in [0, 0.1) is 6.07 Å². The molecule has 0 spiro atoms. The van der Waals surface area contributed by atoms with Crippen LogP contribution in [0.3, 0.4) is 0 Å². The molecule has 0 bridgehead atoms. The molecule has 34 heavy (non-hydrogen) atoms. The second-order valence-corrected chi connectivity index (χ2v) is 9.23. The molecule has 0 aliphatic heterocycles. The number of rotatable bonds is 3. The van der Waals surface area contributed by atoms with Gasteiger partial charge in [-0.05, 0) is 12.0 Å². The van der Waals surface area contributed by atoms with E-state index in [9.17, 15) is 0 Å². The molecule has 1 atom stereocenters. The standard InChI is InChI=1S/C18H13.C13H10.2ClH.Zr/c1-2-8-13(7-1)18-16-11-5-3-9-14(16)15-10-4-6-12-17(15)18;1-3-7-12(8-4-1)11-13-9-5-2-6-10-13;;;/h1-7,9-11,18H,8H2;1-10H;2*1H;/q-1;;;;+2/p-2. The van der Waals surface area contributed by atoms with Gasteiger partial charge in [0, 0.05) is 5.92 Å². The van der Waals surface area contributed by atoms with Gasteiger partial charge >= 0.3 is 99.2 Å². The van der Waals surface area contributed by atoms with E-state index in [0.717, 1.165) is 6.42 Å². The average Bonchev–Trinajstić information content (AvgIpc) is 3.51. The van der Waals surface area contributed by atoms with E-state index in [1.54, 1.807) is 0 Å². The summed E-state index contributed by atoms with van der Waals surface area (Å²) < 4.78 is 1.42. The first kappa shape index (κ1) is 26.3. The van der Waals surface area contributed by atoms with Gasteiger partial charge in [-0.15, -0.1) is 11.1 Å². The molecule has 166 valence electrons. The first-order chi connectivity index (χ1) is 15.8. The van der Waals surface area contributed by atoms with Crippen LogP contribution in [0.4, 0.5) is 0 Å². The first-order valence-electron chi connectivity index (χ1n) is 11.0. The predicted molar refractivity (Wildman–Crippen MR) is 130 cm³/mol. The summed E-state index contributed by atoms with van der Waals surface area (Å²) in [6.45, 7) is 0. The SMILES string of the molecule is [Cl-].[Cl-].[Zr+2]=[C](c1ccccc1)c1ccccc1.[c-]1cccc2c1C(C1=CC=CC1)c1ccccc1-2. The van der Waals surface area contributed by atoms with Crippen molar-refractivity contribution >= 4 is 3.21 Å². The summed E-state index contributed by atoms with van der Waals surface area (Å²) in [5.74, 6) is 0.410. The minimum absolute atomic E-state index is 0. The van der Waals surface area contributed by atoms with Crippen molar-refractivity contribution in [1.82, 2.24) is 0 Å². The summed E-state index contributed by atoms with van der Waals surface area (Å²) in [4.78, 5) is 0. The number of allylic oxidation sites excluding steroid dienone is 4. The average molecular weight is 558 g/mol. The Morgan fingerprint density at radius 2 is 1.29 bits per heavy atom. The van der Waals surface area contributed by atoms with Crippen molar-refractivity contribution in [2.75, 3.05) is 0 Å². The molecule has 0 saturated carbocycles. The topological polar surface area (TPSA) is 0 Å². The fourth-order valence-electron chi connectivity index (χ4n) is 4.51. The van der Waals surface area contributed by atoms with E-state index >= 15 is 0 Å². The van der Waals surface area contributed by atoms with Crippen LogP contribution >= 0.6 is 0 Å². The molecule has 0 saturated heterocycles. The summed E-state index contributed by atoms with van der Waals surface area (Å²) >= 11 is 1.46. The number of halogens is 2. The third kappa shape index (κ3) is 5.50. The van der Waals surface area contributed by atoms with Gasteiger partial charge in [0.1, 0.15) is 0 Å². The van der Waals surface area contributed by atoms with Crippen molar-refractivity contribution < 1.29 is 49.0 Å². The van der Waals surface area contributed by atoms with Gasteiger partial charge in [0.05, 0.1) is 0 Å². The predicted octanol–water partition coefficient (Wildman–Crippen LogP) is 1.30. The molecule has 3 heteroatoms. The van der Waals surface area contributed by atoms with Crippen LogP contribution in [0.2, 0.25) is 0 Å². The Bertz CT molecular complexity index is 1220. The maximum Gasteiger partial charge on any atom is 0.00806 e. The Kier molecular flexibility index (Phi) is 9.60. The number of benzene rings is 4. The summed E-state index contributed by atoms with van der Waals surface area (Å²) in [6, 6.07) is 39.6. The fourth-order valence-corrected chi connectivity index (χ4v) is 5.33. The minimum atomic E-state index is 0. The van der Waals surface area contributed by atoms with Crippen molar-refractivity contribution in [3.05, 3.63) is 155 Å². The van der Waals surface area contributed by atoms with Gasteiger partial charge in [-0.1, -0.05) is 53.6 Å². The molecule has 4 aromatic rings. The monoisotopic (exact) mass is 555 g/mol. The third-order valence-electron chi connectivity index (χ3n) is 6.03. The molecule has 2 aliphatic rings. The van der Waals surface area contributed by atoms with Gasteiger partial charge < -0.3 is 24.8 Å². The molecule has 0 fully saturated rings. The minimum Gasteiger partial charge on any atom is -0.179 e. The van der Waals surface area contributed by atoms with Crippen molar-refractivity contribution in [3.63, 3.8) is 0 Å². The zero-order valence-electron chi connectivity index (χ0n) is 18.6. The van der Waals surface area contributed by atoms with Gasteiger partial charge in [0.15, 0.2) is 0 Å². The van der Waals surface area contributed by atoms with E-state index < -0.39 is 0 Å². The maximum absolute atomic E-state index is 3.45. The number of hydrogen-bond acceptors (Lipinski definition) is 0. The zero-order chi connectivity index (χ0) is 21.8. The molecule has 6 rings (SSSR count). The molecule has 1 unspecified atom stereocenters. The van der Waals surface area contributed by atoms with Crippen LogP contribution in [0.5, 0.6) is 0 Å². The number of hydrogen-bond donors (Lipinski definition) is 0. The molecule has 0 radical (unpaired) electrons. The smallest absolute Gasteiger partial charge is 0.00806 e. The van der Waals surface area contributed by atoms with Crippen LogP contribution in [0.1, 0.15) is 34.6 Å². The molecule has 0 heterocycles. The van der Waals surface area contributed by atoms with Crippen LogP contribution in [-0.2, 0) is 24.2 Å². The van der Waals surface area contributed by atoms with Crippen molar-refractivity contribution in [3.8, 4) is 11.1 Å². The van der Waals surface area contributed by atoms with E-state index in [1.807, 2.05) is 6.07 Å².